The number of rotatable bonds is 7. The Bertz CT molecular complexity index is 743. The molecule has 0 spiro atoms. The summed E-state index contributed by atoms with van der Waals surface area (Å²) < 4.78 is 9.98. The van der Waals surface area contributed by atoms with Gasteiger partial charge in [0.15, 0.2) is 5.76 Å². The molecule has 5 heteroatoms. The third-order valence-electron chi connectivity index (χ3n) is 2.90. The number of ether oxygens (including phenoxy) is 1. The number of carbonyl (C=O) groups excluding carboxylic acids is 2. The molecule has 1 N–H and O–H groups in total. The molecule has 0 aliphatic carbocycles. The molecule has 0 fully saturated rings. The molecule has 0 aliphatic rings. The molecule has 1 aromatic carbocycles. The molecule has 0 saturated carbocycles. The average molecular weight is 323 g/mol. The molecule has 2 rings (SSSR count). The van der Waals surface area contributed by atoms with Gasteiger partial charge in [0, 0.05) is 0 Å². The van der Waals surface area contributed by atoms with Crippen molar-refractivity contribution in [2.24, 2.45) is 0 Å². The Balaban J connectivity index is 2.13. The molecule has 0 unspecified atom stereocenters. The number of allylic oxidation sites excluding steroid dienone is 2. The molecule has 0 radical (unpaired) electrons. The van der Waals surface area contributed by atoms with Crippen molar-refractivity contribution in [3.8, 4) is 0 Å². The van der Waals surface area contributed by atoms with Crippen LogP contribution < -0.4 is 5.32 Å². The van der Waals surface area contributed by atoms with Gasteiger partial charge in [-0.3, -0.25) is 4.79 Å². The van der Waals surface area contributed by atoms with Crippen LogP contribution in [0.1, 0.15) is 16.1 Å². The van der Waals surface area contributed by atoms with E-state index in [4.69, 9.17) is 9.15 Å². The summed E-state index contributed by atoms with van der Waals surface area (Å²) in [5.74, 6) is -1.09. The van der Waals surface area contributed by atoms with Crippen molar-refractivity contribution in [1.29, 1.82) is 0 Å². The first kappa shape index (κ1) is 17.0. The van der Waals surface area contributed by atoms with Crippen molar-refractivity contribution in [3.05, 3.63) is 90.6 Å². The van der Waals surface area contributed by atoms with Crippen molar-refractivity contribution < 1.29 is 18.7 Å². The van der Waals surface area contributed by atoms with E-state index in [0.717, 1.165) is 5.56 Å². The molecule has 24 heavy (non-hydrogen) atoms. The topological polar surface area (TPSA) is 68.5 Å². The van der Waals surface area contributed by atoms with Gasteiger partial charge in [0.05, 0.1) is 6.26 Å². The first-order valence-electron chi connectivity index (χ1n) is 7.27. The first-order valence-corrected chi connectivity index (χ1v) is 7.27. The molecule has 0 atom stereocenters. The zero-order valence-corrected chi connectivity index (χ0v) is 13.0. The fourth-order valence-electron chi connectivity index (χ4n) is 1.78. The van der Waals surface area contributed by atoms with Crippen LogP contribution in [-0.2, 0) is 9.53 Å². The van der Waals surface area contributed by atoms with Gasteiger partial charge in [-0.15, -0.1) is 0 Å². The molecule has 0 aliphatic heterocycles. The minimum atomic E-state index is -0.660. The SMILES string of the molecule is C=CCOC(=O)/C(=C/C=C\c1ccccc1)NC(=O)c1ccco1. The Morgan fingerprint density at radius 1 is 1.17 bits per heavy atom. The van der Waals surface area contributed by atoms with Crippen molar-refractivity contribution >= 4 is 18.0 Å². The van der Waals surface area contributed by atoms with Gasteiger partial charge in [-0.25, -0.2) is 4.79 Å². The van der Waals surface area contributed by atoms with E-state index in [1.54, 1.807) is 18.2 Å². The number of carbonyl (C=O) groups is 2. The second-order valence-electron chi connectivity index (χ2n) is 4.67. The van der Waals surface area contributed by atoms with E-state index >= 15 is 0 Å². The highest BCUT2D eigenvalue weighted by molar-refractivity contribution is 5.99. The van der Waals surface area contributed by atoms with Gasteiger partial charge in [0.2, 0.25) is 0 Å². The molecule has 0 bridgehead atoms. The van der Waals surface area contributed by atoms with Gasteiger partial charge in [-0.2, -0.15) is 0 Å². The third-order valence-corrected chi connectivity index (χ3v) is 2.90. The molecule has 1 aromatic heterocycles. The maximum atomic E-state index is 12.0. The van der Waals surface area contributed by atoms with E-state index in [1.165, 1.54) is 24.5 Å². The Morgan fingerprint density at radius 2 is 1.96 bits per heavy atom. The van der Waals surface area contributed by atoms with E-state index in [-0.39, 0.29) is 18.1 Å². The minimum Gasteiger partial charge on any atom is -0.459 e. The molecule has 2 aromatic rings. The highest BCUT2D eigenvalue weighted by Crippen LogP contribution is 2.05. The number of nitrogens with one attached hydrogen (secondary N) is 1. The summed E-state index contributed by atoms with van der Waals surface area (Å²) in [6, 6.07) is 12.6. The second kappa shape index (κ2) is 8.95. The van der Waals surface area contributed by atoms with Gasteiger partial charge < -0.3 is 14.5 Å². The van der Waals surface area contributed by atoms with Gasteiger partial charge >= 0.3 is 5.97 Å². The van der Waals surface area contributed by atoms with Crippen LogP contribution in [0.2, 0.25) is 0 Å². The van der Waals surface area contributed by atoms with E-state index < -0.39 is 11.9 Å². The quantitative estimate of drug-likeness (QED) is 0.367. The van der Waals surface area contributed by atoms with Crippen LogP contribution in [0.4, 0.5) is 0 Å². The molecule has 1 amide bonds. The fourth-order valence-corrected chi connectivity index (χ4v) is 1.78. The lowest BCUT2D eigenvalue weighted by atomic mass is 10.2. The number of benzene rings is 1. The van der Waals surface area contributed by atoms with Crippen molar-refractivity contribution in [1.82, 2.24) is 5.32 Å². The summed E-state index contributed by atoms with van der Waals surface area (Å²) in [6.45, 7) is 3.53. The predicted molar refractivity (Wildman–Crippen MR) is 90.9 cm³/mol. The zero-order chi connectivity index (χ0) is 17.2. The van der Waals surface area contributed by atoms with E-state index in [0.29, 0.717) is 0 Å². The lowest BCUT2D eigenvalue weighted by Gasteiger charge is -2.07. The molecule has 122 valence electrons. The molecule has 1 heterocycles. The predicted octanol–water partition coefficient (Wildman–Crippen LogP) is 3.34. The van der Waals surface area contributed by atoms with Crippen LogP contribution in [0.5, 0.6) is 0 Å². The Labute approximate surface area is 139 Å². The van der Waals surface area contributed by atoms with Crippen LogP contribution in [0.15, 0.2) is 83.6 Å². The normalized spacial score (nSPS) is 11.2. The first-order chi connectivity index (χ1) is 11.7. The van der Waals surface area contributed by atoms with Crippen LogP contribution in [0.25, 0.3) is 6.08 Å². The van der Waals surface area contributed by atoms with Gasteiger partial charge in [0.25, 0.3) is 5.91 Å². The summed E-state index contributed by atoms with van der Waals surface area (Å²) in [4.78, 5) is 24.1. The Kier molecular flexibility index (Phi) is 6.35. The summed E-state index contributed by atoms with van der Waals surface area (Å²) in [6.07, 6.45) is 7.76. The minimum absolute atomic E-state index is 0.00503. The average Bonchev–Trinajstić information content (AvgIpc) is 3.14. The second-order valence-corrected chi connectivity index (χ2v) is 4.67. The van der Waals surface area contributed by atoms with Gasteiger partial charge in [-0.05, 0) is 23.8 Å². The van der Waals surface area contributed by atoms with Crippen molar-refractivity contribution in [2.45, 2.75) is 0 Å². The van der Waals surface area contributed by atoms with Crippen molar-refractivity contribution in [3.63, 3.8) is 0 Å². The molecular formula is C19H17NO4. The van der Waals surface area contributed by atoms with Crippen molar-refractivity contribution in [2.75, 3.05) is 6.61 Å². The van der Waals surface area contributed by atoms with E-state index in [1.807, 2.05) is 30.3 Å². The molecule has 0 saturated heterocycles. The number of furan rings is 1. The monoisotopic (exact) mass is 323 g/mol. The number of amides is 1. The molecular weight excluding hydrogens is 306 g/mol. The lowest BCUT2D eigenvalue weighted by Crippen LogP contribution is -2.28. The Morgan fingerprint density at radius 3 is 2.62 bits per heavy atom. The van der Waals surface area contributed by atoms with Crippen LogP contribution >= 0.6 is 0 Å². The summed E-state index contributed by atoms with van der Waals surface area (Å²) >= 11 is 0. The summed E-state index contributed by atoms with van der Waals surface area (Å²) in [5, 5.41) is 2.48. The highest BCUT2D eigenvalue weighted by atomic mass is 16.5. The number of esters is 1. The smallest absolute Gasteiger partial charge is 0.355 e. The zero-order valence-electron chi connectivity index (χ0n) is 13.0. The van der Waals surface area contributed by atoms with Gasteiger partial charge in [-0.1, -0.05) is 55.1 Å². The lowest BCUT2D eigenvalue weighted by molar-refractivity contribution is -0.138. The van der Waals surface area contributed by atoms with Crippen LogP contribution in [0.3, 0.4) is 0 Å². The standard InChI is InChI=1S/C19H17NO4/c1-2-13-24-19(22)16(20-18(21)17-12-7-14-23-17)11-6-10-15-8-4-3-5-9-15/h2-12,14H,1,13H2,(H,20,21)/b10-6-,16-11-. The van der Waals surface area contributed by atoms with Gasteiger partial charge in [0.1, 0.15) is 12.3 Å². The maximum Gasteiger partial charge on any atom is 0.355 e. The Hall–Kier alpha value is -3.34. The highest BCUT2D eigenvalue weighted by Gasteiger charge is 2.16. The van der Waals surface area contributed by atoms with Crippen LogP contribution in [-0.4, -0.2) is 18.5 Å². The maximum absolute atomic E-state index is 12.0. The number of hydrogen-bond acceptors (Lipinski definition) is 4. The number of hydrogen-bond donors (Lipinski definition) is 1. The van der Waals surface area contributed by atoms with Crippen LogP contribution in [0, 0.1) is 0 Å². The third kappa shape index (κ3) is 5.14. The summed E-state index contributed by atoms with van der Waals surface area (Å²) in [7, 11) is 0. The summed E-state index contributed by atoms with van der Waals surface area (Å²) in [5.41, 5.74) is 0.968. The largest absolute Gasteiger partial charge is 0.459 e. The fraction of sp³-hybridized carbons (Fsp3) is 0.0526. The molecule has 5 nitrogen and oxygen atoms in total. The van der Waals surface area contributed by atoms with E-state index in [2.05, 4.69) is 11.9 Å². The van der Waals surface area contributed by atoms with E-state index in [9.17, 15) is 9.59 Å².